The summed E-state index contributed by atoms with van der Waals surface area (Å²) in [6, 6.07) is 6.61. The van der Waals surface area contributed by atoms with E-state index < -0.39 is 0 Å². The molecule has 1 aliphatic rings. The Bertz CT molecular complexity index is 853. The van der Waals surface area contributed by atoms with E-state index >= 15 is 0 Å². The van der Waals surface area contributed by atoms with Crippen molar-refractivity contribution in [1.82, 2.24) is 9.97 Å². The van der Waals surface area contributed by atoms with Gasteiger partial charge in [0.2, 0.25) is 0 Å². The Labute approximate surface area is 139 Å². The summed E-state index contributed by atoms with van der Waals surface area (Å²) < 4.78 is 5.48. The highest BCUT2D eigenvalue weighted by Gasteiger charge is 2.20. The first-order chi connectivity index (χ1) is 11.2. The Balaban J connectivity index is 1.90. The average molecular weight is 325 g/mol. The number of rotatable bonds is 2. The molecule has 4 nitrogen and oxygen atoms in total. The van der Waals surface area contributed by atoms with E-state index in [4.69, 9.17) is 4.74 Å². The molecule has 0 radical (unpaired) electrons. The molecule has 5 heteroatoms. The number of morpholine rings is 1. The monoisotopic (exact) mass is 325 g/mol. The van der Waals surface area contributed by atoms with Gasteiger partial charge in [0.05, 0.1) is 18.6 Å². The molecule has 0 spiro atoms. The van der Waals surface area contributed by atoms with Gasteiger partial charge < -0.3 is 9.64 Å². The summed E-state index contributed by atoms with van der Waals surface area (Å²) in [5.41, 5.74) is 5.09. The fourth-order valence-corrected chi connectivity index (χ4v) is 4.09. The van der Waals surface area contributed by atoms with Gasteiger partial charge in [0.15, 0.2) is 0 Å². The first kappa shape index (κ1) is 14.6. The number of thiophene rings is 1. The van der Waals surface area contributed by atoms with E-state index in [0.29, 0.717) is 0 Å². The molecule has 0 N–H and O–H groups in total. The molecule has 1 saturated heterocycles. The molecule has 0 atom stereocenters. The van der Waals surface area contributed by atoms with E-state index in [1.54, 1.807) is 17.7 Å². The van der Waals surface area contributed by atoms with Crippen molar-refractivity contribution in [3.05, 3.63) is 41.0 Å². The summed E-state index contributed by atoms with van der Waals surface area (Å²) in [6.45, 7) is 7.58. The zero-order valence-electron chi connectivity index (χ0n) is 13.4. The second kappa shape index (κ2) is 5.91. The van der Waals surface area contributed by atoms with Gasteiger partial charge in [-0.1, -0.05) is 23.8 Å². The van der Waals surface area contributed by atoms with Gasteiger partial charge in [0.1, 0.15) is 17.0 Å². The van der Waals surface area contributed by atoms with E-state index in [-0.39, 0.29) is 0 Å². The summed E-state index contributed by atoms with van der Waals surface area (Å²) in [5, 5.41) is 3.38. The van der Waals surface area contributed by atoms with Gasteiger partial charge in [-0.3, -0.25) is 0 Å². The second-order valence-electron chi connectivity index (χ2n) is 5.94. The van der Waals surface area contributed by atoms with Crippen molar-refractivity contribution in [3.63, 3.8) is 0 Å². The van der Waals surface area contributed by atoms with Crippen LogP contribution in [-0.2, 0) is 4.74 Å². The van der Waals surface area contributed by atoms with Crippen molar-refractivity contribution in [2.75, 3.05) is 31.2 Å². The first-order valence-electron chi connectivity index (χ1n) is 7.86. The standard InChI is InChI=1S/C18H19N3OS/c1-12-3-4-14(13(2)9-12)15-10-23-18-16(15)17(19-11-20-18)21-5-7-22-8-6-21/h3-4,9-11H,5-8H2,1-2H3. The van der Waals surface area contributed by atoms with Gasteiger partial charge in [-0.25, -0.2) is 9.97 Å². The summed E-state index contributed by atoms with van der Waals surface area (Å²) in [5.74, 6) is 1.04. The molecule has 3 heterocycles. The lowest BCUT2D eigenvalue weighted by molar-refractivity contribution is 0.122. The predicted molar refractivity (Wildman–Crippen MR) is 95.4 cm³/mol. The van der Waals surface area contributed by atoms with Crippen LogP contribution in [0.4, 0.5) is 5.82 Å². The SMILES string of the molecule is Cc1ccc(-c2csc3ncnc(N4CCOCC4)c23)c(C)c1. The lowest BCUT2D eigenvalue weighted by Crippen LogP contribution is -2.36. The van der Waals surface area contributed by atoms with Crippen molar-refractivity contribution < 1.29 is 4.74 Å². The minimum absolute atomic E-state index is 0.758. The van der Waals surface area contributed by atoms with Crippen LogP contribution in [0.3, 0.4) is 0 Å². The number of anilines is 1. The molecular weight excluding hydrogens is 306 g/mol. The highest BCUT2D eigenvalue weighted by atomic mass is 32.1. The molecule has 1 fully saturated rings. The van der Waals surface area contributed by atoms with Gasteiger partial charge in [-0.05, 0) is 25.0 Å². The van der Waals surface area contributed by atoms with Gasteiger partial charge in [-0.15, -0.1) is 11.3 Å². The van der Waals surface area contributed by atoms with Crippen molar-refractivity contribution in [3.8, 4) is 11.1 Å². The van der Waals surface area contributed by atoms with Crippen LogP contribution in [-0.4, -0.2) is 36.3 Å². The minimum atomic E-state index is 0.758. The van der Waals surface area contributed by atoms with Crippen LogP contribution in [0.25, 0.3) is 21.3 Å². The molecule has 4 rings (SSSR count). The highest BCUT2D eigenvalue weighted by molar-refractivity contribution is 7.17. The molecule has 1 aliphatic heterocycles. The summed E-state index contributed by atoms with van der Waals surface area (Å²) in [4.78, 5) is 12.4. The third-order valence-corrected chi connectivity index (χ3v) is 5.22. The van der Waals surface area contributed by atoms with E-state index in [0.717, 1.165) is 37.0 Å². The Kier molecular flexibility index (Phi) is 3.75. The quantitative estimate of drug-likeness (QED) is 0.718. The summed E-state index contributed by atoms with van der Waals surface area (Å²) in [7, 11) is 0. The maximum Gasteiger partial charge on any atom is 0.141 e. The van der Waals surface area contributed by atoms with Crippen LogP contribution < -0.4 is 4.90 Å². The van der Waals surface area contributed by atoms with Crippen molar-refractivity contribution in [1.29, 1.82) is 0 Å². The first-order valence-corrected chi connectivity index (χ1v) is 8.74. The lowest BCUT2D eigenvalue weighted by atomic mass is 9.99. The topological polar surface area (TPSA) is 38.2 Å². The number of nitrogens with zero attached hydrogens (tertiary/aromatic N) is 3. The van der Waals surface area contributed by atoms with Gasteiger partial charge in [0, 0.05) is 24.0 Å². The fourth-order valence-electron chi connectivity index (χ4n) is 3.19. The molecule has 3 aromatic rings. The Morgan fingerprint density at radius 2 is 1.91 bits per heavy atom. The van der Waals surface area contributed by atoms with Crippen LogP contribution in [0.15, 0.2) is 29.9 Å². The number of ether oxygens (including phenoxy) is 1. The molecule has 0 saturated carbocycles. The lowest BCUT2D eigenvalue weighted by Gasteiger charge is -2.28. The third kappa shape index (κ3) is 2.60. The smallest absolute Gasteiger partial charge is 0.141 e. The summed E-state index contributed by atoms with van der Waals surface area (Å²) in [6.07, 6.45) is 1.68. The Morgan fingerprint density at radius 3 is 2.70 bits per heavy atom. The van der Waals surface area contributed by atoms with E-state index in [2.05, 4.69) is 52.3 Å². The van der Waals surface area contributed by atoms with Crippen LogP contribution in [0.5, 0.6) is 0 Å². The Morgan fingerprint density at radius 1 is 1.09 bits per heavy atom. The van der Waals surface area contributed by atoms with Crippen LogP contribution in [0, 0.1) is 13.8 Å². The molecule has 2 aromatic heterocycles. The molecule has 0 bridgehead atoms. The minimum Gasteiger partial charge on any atom is -0.378 e. The molecular formula is C18H19N3OS. The van der Waals surface area contributed by atoms with Gasteiger partial charge in [-0.2, -0.15) is 0 Å². The molecule has 0 unspecified atom stereocenters. The second-order valence-corrected chi connectivity index (χ2v) is 6.80. The zero-order valence-corrected chi connectivity index (χ0v) is 14.2. The van der Waals surface area contributed by atoms with E-state index in [9.17, 15) is 0 Å². The fraction of sp³-hybridized carbons (Fsp3) is 0.333. The number of benzene rings is 1. The maximum absolute atomic E-state index is 5.48. The number of fused-ring (bicyclic) bond motifs is 1. The number of hydrogen-bond donors (Lipinski definition) is 0. The average Bonchev–Trinajstić information content (AvgIpc) is 3.00. The number of hydrogen-bond acceptors (Lipinski definition) is 5. The summed E-state index contributed by atoms with van der Waals surface area (Å²) >= 11 is 1.69. The third-order valence-electron chi connectivity index (χ3n) is 4.33. The van der Waals surface area contributed by atoms with Gasteiger partial charge >= 0.3 is 0 Å². The van der Waals surface area contributed by atoms with E-state index in [1.165, 1.54) is 27.6 Å². The molecule has 23 heavy (non-hydrogen) atoms. The number of aryl methyl sites for hydroxylation is 2. The van der Waals surface area contributed by atoms with Crippen molar-refractivity contribution >= 4 is 27.4 Å². The van der Waals surface area contributed by atoms with Gasteiger partial charge in [0.25, 0.3) is 0 Å². The predicted octanol–water partition coefficient (Wildman–Crippen LogP) is 3.81. The maximum atomic E-state index is 5.48. The van der Waals surface area contributed by atoms with Crippen molar-refractivity contribution in [2.45, 2.75) is 13.8 Å². The van der Waals surface area contributed by atoms with E-state index in [1.807, 2.05) is 0 Å². The van der Waals surface area contributed by atoms with Crippen LogP contribution in [0.2, 0.25) is 0 Å². The van der Waals surface area contributed by atoms with Crippen molar-refractivity contribution in [2.24, 2.45) is 0 Å². The Hall–Kier alpha value is -1.98. The largest absolute Gasteiger partial charge is 0.378 e. The molecule has 0 amide bonds. The zero-order chi connectivity index (χ0) is 15.8. The normalized spacial score (nSPS) is 15.3. The number of aromatic nitrogens is 2. The molecule has 1 aromatic carbocycles. The molecule has 0 aliphatic carbocycles. The van der Waals surface area contributed by atoms with Crippen LogP contribution in [0.1, 0.15) is 11.1 Å². The highest BCUT2D eigenvalue weighted by Crippen LogP contribution is 2.39. The molecule has 118 valence electrons. The van der Waals surface area contributed by atoms with Crippen LogP contribution >= 0.6 is 11.3 Å².